The predicted molar refractivity (Wildman–Crippen MR) is 120 cm³/mol. The number of H-pyrrole nitrogens is 1. The number of hydrogen-bond acceptors (Lipinski definition) is 5. The molecule has 152 valence electrons. The van der Waals surface area contributed by atoms with Crippen molar-refractivity contribution in [1.29, 1.82) is 0 Å². The molecule has 7 heteroatoms. The van der Waals surface area contributed by atoms with E-state index in [1.165, 1.54) is 17.4 Å². The SMILES string of the molecule is O=c1[nH]c(CN2CCN(c3ccccc3F)CC2)nc2scc(-c3ccccc3)c12. The van der Waals surface area contributed by atoms with Gasteiger partial charge in [-0.3, -0.25) is 9.69 Å². The van der Waals surface area contributed by atoms with Gasteiger partial charge in [0.25, 0.3) is 5.56 Å². The average Bonchev–Trinajstić information content (AvgIpc) is 3.20. The molecule has 1 aliphatic heterocycles. The molecule has 2 aromatic carbocycles. The summed E-state index contributed by atoms with van der Waals surface area (Å²) < 4.78 is 14.0. The van der Waals surface area contributed by atoms with Gasteiger partial charge in [0, 0.05) is 37.1 Å². The van der Waals surface area contributed by atoms with Gasteiger partial charge in [-0.25, -0.2) is 9.37 Å². The van der Waals surface area contributed by atoms with Gasteiger partial charge in [0.1, 0.15) is 16.5 Å². The predicted octanol–water partition coefficient (Wildman–Crippen LogP) is 4.11. The number of nitrogens with zero attached hydrogens (tertiary/aromatic N) is 3. The van der Waals surface area contributed by atoms with Crippen LogP contribution in [0, 0.1) is 5.82 Å². The lowest BCUT2D eigenvalue weighted by Crippen LogP contribution is -2.46. The van der Waals surface area contributed by atoms with Crippen molar-refractivity contribution in [2.75, 3.05) is 31.1 Å². The molecule has 0 unspecified atom stereocenters. The lowest BCUT2D eigenvalue weighted by Gasteiger charge is -2.35. The lowest BCUT2D eigenvalue weighted by atomic mass is 10.1. The minimum Gasteiger partial charge on any atom is -0.367 e. The van der Waals surface area contributed by atoms with Gasteiger partial charge in [-0.2, -0.15) is 0 Å². The van der Waals surface area contributed by atoms with Gasteiger partial charge in [-0.1, -0.05) is 42.5 Å². The molecule has 4 aromatic rings. The Labute approximate surface area is 177 Å². The number of aromatic amines is 1. The molecule has 0 atom stereocenters. The van der Waals surface area contributed by atoms with E-state index < -0.39 is 0 Å². The second kappa shape index (κ2) is 8.01. The van der Waals surface area contributed by atoms with Crippen molar-refractivity contribution >= 4 is 27.2 Å². The largest absolute Gasteiger partial charge is 0.367 e. The number of benzene rings is 2. The van der Waals surface area contributed by atoms with E-state index in [2.05, 4.69) is 14.8 Å². The molecule has 1 fully saturated rings. The number of fused-ring (bicyclic) bond motifs is 1. The first-order valence-electron chi connectivity index (χ1n) is 9.97. The van der Waals surface area contributed by atoms with Crippen molar-refractivity contribution in [3.63, 3.8) is 0 Å². The number of para-hydroxylation sites is 1. The zero-order valence-electron chi connectivity index (χ0n) is 16.3. The first kappa shape index (κ1) is 19.0. The first-order valence-corrected chi connectivity index (χ1v) is 10.8. The summed E-state index contributed by atoms with van der Waals surface area (Å²) in [4.78, 5) is 25.6. The molecule has 0 spiro atoms. The Bertz CT molecular complexity index is 1230. The summed E-state index contributed by atoms with van der Waals surface area (Å²) in [6.07, 6.45) is 0. The Morgan fingerprint density at radius 1 is 1.00 bits per heavy atom. The van der Waals surface area contributed by atoms with Crippen LogP contribution in [0.1, 0.15) is 5.82 Å². The Morgan fingerprint density at radius 3 is 2.50 bits per heavy atom. The number of thiophene rings is 1. The van der Waals surface area contributed by atoms with E-state index in [4.69, 9.17) is 4.98 Å². The molecule has 0 saturated carbocycles. The van der Waals surface area contributed by atoms with E-state index in [-0.39, 0.29) is 11.4 Å². The van der Waals surface area contributed by atoms with E-state index in [1.54, 1.807) is 6.07 Å². The van der Waals surface area contributed by atoms with Crippen LogP contribution in [-0.2, 0) is 6.54 Å². The Kier molecular flexibility index (Phi) is 5.06. The van der Waals surface area contributed by atoms with Crippen LogP contribution in [0.2, 0.25) is 0 Å². The first-order chi connectivity index (χ1) is 14.7. The van der Waals surface area contributed by atoms with Crippen LogP contribution >= 0.6 is 11.3 Å². The number of hydrogen-bond donors (Lipinski definition) is 1. The summed E-state index contributed by atoms with van der Waals surface area (Å²) >= 11 is 1.50. The maximum absolute atomic E-state index is 14.0. The second-order valence-electron chi connectivity index (χ2n) is 7.42. The molecular formula is C23H21FN4OS. The van der Waals surface area contributed by atoms with Crippen LogP contribution in [0.3, 0.4) is 0 Å². The molecule has 5 rings (SSSR count). The van der Waals surface area contributed by atoms with Crippen LogP contribution in [0.4, 0.5) is 10.1 Å². The molecule has 1 N–H and O–H groups in total. The third kappa shape index (κ3) is 3.62. The maximum atomic E-state index is 14.0. The molecule has 2 aromatic heterocycles. The van der Waals surface area contributed by atoms with E-state index in [9.17, 15) is 9.18 Å². The molecule has 0 bridgehead atoms. The highest BCUT2D eigenvalue weighted by atomic mass is 32.1. The molecule has 30 heavy (non-hydrogen) atoms. The number of rotatable bonds is 4. The summed E-state index contributed by atoms with van der Waals surface area (Å²) in [5.41, 5.74) is 2.50. The molecule has 0 radical (unpaired) electrons. The molecule has 3 heterocycles. The van der Waals surface area contributed by atoms with E-state index >= 15 is 0 Å². The van der Waals surface area contributed by atoms with Crippen molar-refractivity contribution in [3.8, 4) is 11.1 Å². The van der Waals surface area contributed by atoms with Crippen molar-refractivity contribution < 1.29 is 4.39 Å². The fourth-order valence-electron chi connectivity index (χ4n) is 3.97. The monoisotopic (exact) mass is 420 g/mol. The third-order valence-corrected chi connectivity index (χ3v) is 6.39. The van der Waals surface area contributed by atoms with Gasteiger partial charge >= 0.3 is 0 Å². The van der Waals surface area contributed by atoms with Gasteiger partial charge < -0.3 is 9.88 Å². The summed E-state index contributed by atoms with van der Waals surface area (Å²) in [7, 11) is 0. The summed E-state index contributed by atoms with van der Waals surface area (Å²) in [6, 6.07) is 16.8. The highest BCUT2D eigenvalue weighted by Gasteiger charge is 2.20. The highest BCUT2D eigenvalue weighted by Crippen LogP contribution is 2.30. The van der Waals surface area contributed by atoms with Gasteiger partial charge in [0.15, 0.2) is 0 Å². The maximum Gasteiger partial charge on any atom is 0.260 e. The molecular weight excluding hydrogens is 399 g/mol. The lowest BCUT2D eigenvalue weighted by molar-refractivity contribution is 0.243. The van der Waals surface area contributed by atoms with Crippen molar-refractivity contribution in [1.82, 2.24) is 14.9 Å². The number of aromatic nitrogens is 2. The summed E-state index contributed by atoms with van der Waals surface area (Å²) in [6.45, 7) is 3.63. The number of halogens is 1. The van der Waals surface area contributed by atoms with Crippen LogP contribution in [-0.4, -0.2) is 41.0 Å². The fraction of sp³-hybridized carbons (Fsp3) is 0.217. The van der Waals surface area contributed by atoms with E-state index in [1.807, 2.05) is 47.8 Å². The standard InChI is InChI=1S/C23H21FN4OS/c24-18-8-4-5-9-19(18)28-12-10-27(11-13-28)14-20-25-22(29)21-17(15-30-23(21)26-20)16-6-2-1-3-7-16/h1-9,15H,10-14H2,(H,25,26,29). The quantitative estimate of drug-likeness (QED) is 0.540. The van der Waals surface area contributed by atoms with Crippen LogP contribution in [0.25, 0.3) is 21.3 Å². The topological polar surface area (TPSA) is 52.2 Å². The second-order valence-corrected chi connectivity index (χ2v) is 8.28. The number of nitrogens with one attached hydrogen (secondary N) is 1. The van der Waals surface area contributed by atoms with Crippen LogP contribution < -0.4 is 10.5 Å². The summed E-state index contributed by atoms with van der Waals surface area (Å²) in [5, 5.41) is 2.65. The van der Waals surface area contributed by atoms with Crippen molar-refractivity contribution in [2.24, 2.45) is 0 Å². The van der Waals surface area contributed by atoms with Gasteiger partial charge in [-0.15, -0.1) is 11.3 Å². The van der Waals surface area contributed by atoms with Gasteiger partial charge in [0.2, 0.25) is 0 Å². The number of anilines is 1. The number of piperazine rings is 1. The van der Waals surface area contributed by atoms with Gasteiger partial charge in [0.05, 0.1) is 17.6 Å². The molecule has 1 saturated heterocycles. The highest BCUT2D eigenvalue weighted by molar-refractivity contribution is 7.17. The fourth-order valence-corrected chi connectivity index (χ4v) is 4.93. The Hall–Kier alpha value is -3.03. The Balaban J connectivity index is 1.32. The normalized spacial score (nSPS) is 15.0. The average molecular weight is 421 g/mol. The molecule has 0 amide bonds. The molecule has 0 aliphatic carbocycles. The third-order valence-electron chi connectivity index (χ3n) is 5.52. The smallest absolute Gasteiger partial charge is 0.260 e. The van der Waals surface area contributed by atoms with Gasteiger partial charge in [-0.05, 0) is 17.7 Å². The zero-order valence-corrected chi connectivity index (χ0v) is 17.2. The van der Waals surface area contributed by atoms with E-state index in [0.717, 1.165) is 42.1 Å². The van der Waals surface area contributed by atoms with Crippen LogP contribution in [0.15, 0.2) is 64.8 Å². The van der Waals surface area contributed by atoms with E-state index in [0.29, 0.717) is 23.4 Å². The minimum atomic E-state index is -0.186. The molecule has 5 nitrogen and oxygen atoms in total. The van der Waals surface area contributed by atoms with Crippen molar-refractivity contribution in [3.05, 3.63) is 82.0 Å². The minimum absolute atomic E-state index is 0.0971. The zero-order chi connectivity index (χ0) is 20.5. The molecule has 1 aliphatic rings. The Morgan fingerprint density at radius 2 is 1.73 bits per heavy atom. The van der Waals surface area contributed by atoms with Crippen molar-refractivity contribution in [2.45, 2.75) is 6.54 Å². The van der Waals surface area contributed by atoms with Crippen LogP contribution in [0.5, 0.6) is 0 Å². The summed E-state index contributed by atoms with van der Waals surface area (Å²) in [5.74, 6) is 0.489.